The Bertz CT molecular complexity index is 622. The van der Waals surface area contributed by atoms with Crippen molar-refractivity contribution in [1.29, 1.82) is 0 Å². The third kappa shape index (κ3) is 4.04. The number of halogens is 3. The van der Waals surface area contributed by atoms with Crippen molar-refractivity contribution in [2.24, 2.45) is 0 Å². The first kappa shape index (κ1) is 16.9. The molecule has 1 aliphatic heterocycles. The Kier molecular flexibility index (Phi) is 5.10. The number of aromatic nitrogens is 1. The van der Waals surface area contributed by atoms with Crippen LogP contribution in [0.1, 0.15) is 11.7 Å². The van der Waals surface area contributed by atoms with E-state index in [9.17, 15) is 24.0 Å². The van der Waals surface area contributed by atoms with Crippen molar-refractivity contribution in [3.63, 3.8) is 0 Å². The van der Waals surface area contributed by atoms with Gasteiger partial charge in [-0.25, -0.2) is 0 Å². The molecule has 0 amide bonds. The number of pyridine rings is 1. The zero-order valence-electron chi connectivity index (χ0n) is 10.3. The third-order valence-corrected chi connectivity index (χ3v) is 3.99. The largest absolute Gasteiger partial charge is 0.387 e. The Morgan fingerprint density at radius 1 is 1.38 bits per heavy atom. The monoisotopic (exact) mass is 361 g/mol. The summed E-state index contributed by atoms with van der Waals surface area (Å²) in [7, 11) is 0. The number of ether oxygens (including phenoxy) is 1. The van der Waals surface area contributed by atoms with Crippen LogP contribution in [0.2, 0.25) is 0 Å². The van der Waals surface area contributed by atoms with Gasteiger partial charge in [0.1, 0.15) is 24.4 Å². The fraction of sp³-hybridized carbons (Fsp3) is 0.500. The zero-order chi connectivity index (χ0) is 15.8. The number of aliphatic hydroxyl groups excluding tert-OH is 2. The van der Waals surface area contributed by atoms with Crippen LogP contribution in [-0.2, 0) is 13.8 Å². The minimum atomic E-state index is -3.82. The van der Waals surface area contributed by atoms with Gasteiger partial charge in [0, 0.05) is 11.6 Å². The van der Waals surface area contributed by atoms with Crippen molar-refractivity contribution in [2.45, 2.75) is 24.4 Å². The van der Waals surface area contributed by atoms with Gasteiger partial charge >= 0.3 is 6.07 Å². The molecule has 3 N–H and O–H groups in total. The summed E-state index contributed by atoms with van der Waals surface area (Å²) in [6.07, 6.45) is -9.06. The highest BCUT2D eigenvalue weighted by Gasteiger charge is 2.45. The maximum Gasteiger partial charge on any atom is 0.380 e. The molecule has 0 spiro atoms. The number of rotatable bonds is 4. The molecule has 2 heterocycles. The van der Waals surface area contributed by atoms with Crippen LogP contribution >= 0.6 is 28.6 Å². The second-order valence-corrected chi connectivity index (χ2v) is 8.66. The van der Waals surface area contributed by atoms with Crippen LogP contribution in [0.15, 0.2) is 16.9 Å². The molecule has 21 heavy (non-hydrogen) atoms. The van der Waals surface area contributed by atoms with Crippen molar-refractivity contribution in [3.8, 4) is 0 Å². The van der Waals surface area contributed by atoms with Gasteiger partial charge in [0.2, 0.25) is 5.56 Å². The van der Waals surface area contributed by atoms with Crippen LogP contribution < -0.4 is 5.56 Å². The standard InChI is InChI=1S/C10H11Cl2FNO6P/c11-21(12,18)19-3-5-7(16)8(17)9(20-5)4-1-2-6(15)14-10(4)13/h1-2,5,7-9,16-17H,3H2,(H,14,15)/t5-,7?,8?,9+/m1/s1. The lowest BCUT2D eigenvalue weighted by Gasteiger charge is -2.15. The van der Waals surface area contributed by atoms with Gasteiger partial charge in [-0.05, 0) is 28.5 Å². The second-order valence-electron chi connectivity index (χ2n) is 4.38. The first-order valence-corrected chi connectivity index (χ1v) is 9.17. The number of H-pyrrole nitrogens is 1. The molecule has 118 valence electrons. The number of hydrogen-bond donors (Lipinski definition) is 3. The average molecular weight is 362 g/mol. The van der Waals surface area contributed by atoms with E-state index in [1.165, 1.54) is 0 Å². The van der Waals surface area contributed by atoms with Gasteiger partial charge in [-0.2, -0.15) is 4.39 Å². The third-order valence-electron chi connectivity index (χ3n) is 2.96. The number of aliphatic hydroxyl groups is 2. The molecule has 0 saturated carbocycles. The van der Waals surface area contributed by atoms with Crippen molar-refractivity contribution >= 4 is 28.6 Å². The molecule has 1 aromatic rings. The number of nitrogens with one attached hydrogen (secondary N) is 1. The second kappa shape index (κ2) is 6.34. The zero-order valence-corrected chi connectivity index (χ0v) is 12.7. The molecule has 0 aromatic carbocycles. The minimum absolute atomic E-state index is 0.136. The van der Waals surface area contributed by atoms with Crippen LogP contribution in [0.4, 0.5) is 4.39 Å². The highest BCUT2D eigenvalue weighted by atomic mass is 35.9. The van der Waals surface area contributed by atoms with Crippen molar-refractivity contribution in [3.05, 3.63) is 34.0 Å². The smallest absolute Gasteiger partial charge is 0.380 e. The van der Waals surface area contributed by atoms with Crippen LogP contribution in [-0.4, -0.2) is 40.1 Å². The lowest BCUT2D eigenvalue weighted by molar-refractivity contribution is -0.0165. The van der Waals surface area contributed by atoms with Gasteiger partial charge in [-0.1, -0.05) is 0 Å². The lowest BCUT2D eigenvalue weighted by Crippen LogP contribution is -2.33. The van der Waals surface area contributed by atoms with E-state index in [0.29, 0.717) is 0 Å². The quantitative estimate of drug-likeness (QED) is 0.550. The Balaban J connectivity index is 2.16. The van der Waals surface area contributed by atoms with E-state index < -0.39 is 48.6 Å². The SMILES string of the molecule is O=c1ccc([C@@H]2O[C@H](COP(=O)(Cl)Cl)C(O)C2O)c(F)[nH]1. The van der Waals surface area contributed by atoms with E-state index in [0.717, 1.165) is 12.1 Å². The van der Waals surface area contributed by atoms with Gasteiger partial charge in [0.05, 0.1) is 6.61 Å². The van der Waals surface area contributed by atoms with Crippen molar-refractivity contribution in [1.82, 2.24) is 4.98 Å². The average Bonchev–Trinajstić information content (AvgIpc) is 2.64. The van der Waals surface area contributed by atoms with Gasteiger partial charge in [0.25, 0.3) is 0 Å². The summed E-state index contributed by atoms with van der Waals surface area (Å²) in [4.78, 5) is 12.9. The Hall–Kier alpha value is -0.470. The molecule has 4 atom stereocenters. The first-order chi connectivity index (χ1) is 9.69. The van der Waals surface area contributed by atoms with Gasteiger partial charge in [-0.15, -0.1) is 0 Å². The molecule has 2 unspecified atom stereocenters. The fourth-order valence-corrected chi connectivity index (χ4v) is 2.64. The van der Waals surface area contributed by atoms with Crippen LogP contribution in [0, 0.1) is 5.95 Å². The number of hydrogen-bond acceptors (Lipinski definition) is 6. The maximum absolute atomic E-state index is 13.7. The predicted molar refractivity (Wildman–Crippen MR) is 71.9 cm³/mol. The van der Waals surface area contributed by atoms with E-state index in [-0.39, 0.29) is 5.56 Å². The molecule has 2 rings (SSSR count). The van der Waals surface area contributed by atoms with Crippen LogP contribution in [0.25, 0.3) is 0 Å². The Labute approximate surface area is 127 Å². The van der Waals surface area contributed by atoms with E-state index >= 15 is 0 Å². The topological polar surface area (TPSA) is 109 Å². The Morgan fingerprint density at radius 2 is 2.05 bits per heavy atom. The van der Waals surface area contributed by atoms with Crippen LogP contribution in [0.3, 0.4) is 0 Å². The highest BCUT2D eigenvalue weighted by Crippen LogP contribution is 2.57. The molecule has 11 heteroatoms. The van der Waals surface area contributed by atoms with Crippen molar-refractivity contribution < 1.29 is 28.4 Å². The highest BCUT2D eigenvalue weighted by molar-refractivity contribution is 8.05. The van der Waals surface area contributed by atoms with E-state index in [2.05, 4.69) is 4.52 Å². The summed E-state index contributed by atoms with van der Waals surface area (Å²) in [5.74, 6) is -0.985. The van der Waals surface area contributed by atoms with Gasteiger partial charge in [-0.3, -0.25) is 14.3 Å². The van der Waals surface area contributed by atoms with E-state index in [4.69, 9.17) is 27.2 Å². The first-order valence-electron chi connectivity index (χ1n) is 5.73. The minimum Gasteiger partial charge on any atom is -0.387 e. The molecular formula is C10H11Cl2FNO6P. The molecule has 1 fully saturated rings. The Morgan fingerprint density at radius 3 is 2.62 bits per heavy atom. The molecule has 7 nitrogen and oxygen atoms in total. The molecule has 1 aliphatic rings. The molecule has 0 aliphatic carbocycles. The predicted octanol–water partition coefficient (Wildman–Crippen LogP) is 1.28. The maximum atomic E-state index is 13.7. The number of aromatic amines is 1. The lowest BCUT2D eigenvalue weighted by atomic mass is 10.0. The molecule has 0 bridgehead atoms. The summed E-state index contributed by atoms with van der Waals surface area (Å²) < 4.78 is 34.5. The molecule has 1 saturated heterocycles. The summed E-state index contributed by atoms with van der Waals surface area (Å²) in [6, 6.07) is 2.18. The summed E-state index contributed by atoms with van der Waals surface area (Å²) in [6.45, 7) is -0.454. The summed E-state index contributed by atoms with van der Waals surface area (Å²) in [5, 5.41) is 19.7. The van der Waals surface area contributed by atoms with E-state index in [1.54, 1.807) is 0 Å². The van der Waals surface area contributed by atoms with Crippen molar-refractivity contribution in [2.75, 3.05) is 6.61 Å². The fourth-order valence-electron chi connectivity index (χ4n) is 1.98. The molecular weight excluding hydrogens is 351 g/mol. The van der Waals surface area contributed by atoms with Crippen LogP contribution in [0.5, 0.6) is 0 Å². The van der Waals surface area contributed by atoms with Gasteiger partial charge < -0.3 is 19.5 Å². The molecule has 0 radical (unpaired) electrons. The molecule has 1 aromatic heterocycles. The normalized spacial score (nSPS) is 29.8. The summed E-state index contributed by atoms with van der Waals surface area (Å²) in [5.41, 5.74) is -0.794. The summed E-state index contributed by atoms with van der Waals surface area (Å²) >= 11 is 10.4. The van der Waals surface area contributed by atoms with E-state index in [1.807, 2.05) is 4.98 Å². The van der Waals surface area contributed by atoms with Gasteiger partial charge in [0.15, 0.2) is 5.95 Å².